The molecule has 6 atom stereocenters. The highest BCUT2D eigenvalue weighted by Gasteiger charge is 2.47. The fraction of sp³-hybridized carbons (Fsp3) is 0.765. The lowest BCUT2D eigenvalue weighted by Crippen LogP contribution is -2.43. The molecule has 19 heavy (non-hydrogen) atoms. The fourth-order valence-electron chi connectivity index (χ4n) is 5.53. The van der Waals surface area contributed by atoms with Crippen LogP contribution in [-0.4, -0.2) is 16.3 Å². The topological polar surface area (TPSA) is 40.5 Å². The highest BCUT2D eigenvalue weighted by molar-refractivity contribution is 5.35. The molecule has 4 aliphatic carbocycles. The molecule has 0 aromatic heterocycles. The molecule has 3 saturated carbocycles. The molecule has 3 fully saturated rings. The third-order valence-corrected chi connectivity index (χ3v) is 6.35. The number of hydrogen-bond donors (Lipinski definition) is 2. The van der Waals surface area contributed by atoms with E-state index in [9.17, 15) is 10.2 Å². The van der Waals surface area contributed by atoms with Gasteiger partial charge in [0, 0.05) is 5.92 Å². The SMILES string of the molecule is OC1=CC=C2C1CCC1C2CCC2CC(O)CCC21. The van der Waals surface area contributed by atoms with Crippen LogP contribution in [0.25, 0.3) is 0 Å². The van der Waals surface area contributed by atoms with Gasteiger partial charge in [-0.25, -0.2) is 0 Å². The molecule has 2 N–H and O–H groups in total. The smallest absolute Gasteiger partial charge is 0.0994 e. The van der Waals surface area contributed by atoms with Gasteiger partial charge in [-0.15, -0.1) is 0 Å². The maximum Gasteiger partial charge on any atom is 0.0994 e. The molecule has 0 radical (unpaired) electrons. The third kappa shape index (κ3) is 1.79. The molecule has 104 valence electrons. The second kappa shape index (κ2) is 4.37. The van der Waals surface area contributed by atoms with Crippen molar-refractivity contribution in [3.8, 4) is 0 Å². The summed E-state index contributed by atoms with van der Waals surface area (Å²) in [6.45, 7) is 0. The van der Waals surface area contributed by atoms with E-state index in [0.717, 1.165) is 42.9 Å². The van der Waals surface area contributed by atoms with Gasteiger partial charge in [0.1, 0.15) is 0 Å². The predicted molar refractivity (Wildman–Crippen MR) is 74.6 cm³/mol. The van der Waals surface area contributed by atoms with E-state index in [1.54, 1.807) is 0 Å². The van der Waals surface area contributed by atoms with Crippen LogP contribution < -0.4 is 0 Å². The summed E-state index contributed by atoms with van der Waals surface area (Å²) in [4.78, 5) is 0. The van der Waals surface area contributed by atoms with Gasteiger partial charge in [0.05, 0.1) is 11.9 Å². The summed E-state index contributed by atoms with van der Waals surface area (Å²) in [7, 11) is 0. The molecule has 6 unspecified atom stereocenters. The first-order valence-electron chi connectivity index (χ1n) is 8.02. The Labute approximate surface area is 115 Å². The summed E-state index contributed by atoms with van der Waals surface area (Å²) >= 11 is 0. The second-order valence-electron chi connectivity index (χ2n) is 7.13. The van der Waals surface area contributed by atoms with Gasteiger partial charge in [-0.1, -0.05) is 11.6 Å². The van der Waals surface area contributed by atoms with Crippen LogP contribution in [0.2, 0.25) is 0 Å². The first kappa shape index (κ1) is 12.0. The zero-order chi connectivity index (χ0) is 13.0. The van der Waals surface area contributed by atoms with Crippen molar-refractivity contribution in [1.29, 1.82) is 0 Å². The minimum atomic E-state index is -0.0365. The molecule has 4 rings (SSSR count). The van der Waals surface area contributed by atoms with Crippen molar-refractivity contribution >= 4 is 0 Å². The highest BCUT2D eigenvalue weighted by atomic mass is 16.3. The number of hydrogen-bond acceptors (Lipinski definition) is 2. The maximum absolute atomic E-state index is 9.96. The van der Waals surface area contributed by atoms with E-state index in [-0.39, 0.29) is 6.10 Å². The number of fused-ring (bicyclic) bond motifs is 5. The van der Waals surface area contributed by atoms with Crippen LogP contribution in [-0.2, 0) is 0 Å². The molecule has 0 aliphatic heterocycles. The fourth-order valence-corrected chi connectivity index (χ4v) is 5.53. The van der Waals surface area contributed by atoms with E-state index in [4.69, 9.17) is 0 Å². The van der Waals surface area contributed by atoms with Gasteiger partial charge in [-0.3, -0.25) is 0 Å². The first-order valence-corrected chi connectivity index (χ1v) is 8.02. The van der Waals surface area contributed by atoms with Gasteiger partial charge < -0.3 is 10.2 Å². The Kier molecular flexibility index (Phi) is 2.77. The van der Waals surface area contributed by atoms with Crippen LogP contribution in [0.5, 0.6) is 0 Å². The predicted octanol–water partition coefficient (Wildman–Crippen LogP) is 3.58. The lowest BCUT2D eigenvalue weighted by Gasteiger charge is -2.50. The number of aliphatic hydroxyl groups is 2. The van der Waals surface area contributed by atoms with Gasteiger partial charge in [0.25, 0.3) is 0 Å². The van der Waals surface area contributed by atoms with Gasteiger partial charge in [-0.05, 0) is 74.7 Å². The van der Waals surface area contributed by atoms with E-state index in [0.29, 0.717) is 11.7 Å². The van der Waals surface area contributed by atoms with E-state index < -0.39 is 0 Å². The lowest BCUT2D eigenvalue weighted by atomic mass is 9.55. The van der Waals surface area contributed by atoms with Crippen molar-refractivity contribution in [2.45, 2.75) is 51.0 Å². The molecule has 0 heterocycles. The molecule has 0 spiro atoms. The molecule has 0 amide bonds. The molecular weight excluding hydrogens is 236 g/mol. The van der Waals surface area contributed by atoms with Crippen molar-refractivity contribution in [3.63, 3.8) is 0 Å². The van der Waals surface area contributed by atoms with E-state index >= 15 is 0 Å². The molecule has 2 heteroatoms. The molecule has 0 saturated heterocycles. The quantitative estimate of drug-likeness (QED) is 0.699. The van der Waals surface area contributed by atoms with Crippen LogP contribution in [0.3, 0.4) is 0 Å². The van der Waals surface area contributed by atoms with Crippen LogP contribution >= 0.6 is 0 Å². The Balaban J connectivity index is 1.57. The first-order chi connectivity index (χ1) is 9.24. The summed E-state index contributed by atoms with van der Waals surface area (Å²) in [6, 6.07) is 0. The van der Waals surface area contributed by atoms with E-state index in [2.05, 4.69) is 6.08 Å². The average Bonchev–Trinajstić information content (AvgIpc) is 2.80. The minimum absolute atomic E-state index is 0.0365. The maximum atomic E-state index is 9.96. The average molecular weight is 260 g/mol. The van der Waals surface area contributed by atoms with Crippen LogP contribution in [0.4, 0.5) is 0 Å². The highest BCUT2D eigenvalue weighted by Crippen LogP contribution is 2.55. The second-order valence-corrected chi connectivity index (χ2v) is 7.13. The zero-order valence-corrected chi connectivity index (χ0v) is 11.5. The van der Waals surface area contributed by atoms with Crippen LogP contribution in [0, 0.1) is 29.6 Å². The van der Waals surface area contributed by atoms with Crippen molar-refractivity contribution < 1.29 is 10.2 Å². The van der Waals surface area contributed by atoms with Crippen molar-refractivity contribution in [2.75, 3.05) is 0 Å². The van der Waals surface area contributed by atoms with Gasteiger partial charge >= 0.3 is 0 Å². The van der Waals surface area contributed by atoms with Crippen molar-refractivity contribution in [1.82, 2.24) is 0 Å². The Bertz CT molecular complexity index is 437. The molecule has 0 bridgehead atoms. The molecule has 4 aliphatic rings. The molecule has 0 aromatic rings. The monoisotopic (exact) mass is 260 g/mol. The minimum Gasteiger partial charge on any atom is -0.512 e. The summed E-state index contributed by atoms with van der Waals surface area (Å²) < 4.78 is 0. The Morgan fingerprint density at radius 1 is 0.895 bits per heavy atom. The van der Waals surface area contributed by atoms with Crippen molar-refractivity contribution in [3.05, 3.63) is 23.5 Å². The number of allylic oxidation sites excluding steroid dienone is 3. The summed E-state index contributed by atoms with van der Waals surface area (Å²) in [5, 5.41) is 19.8. The Hall–Kier alpha value is -0.760. The third-order valence-electron chi connectivity index (χ3n) is 6.35. The van der Waals surface area contributed by atoms with Gasteiger partial charge in [0.2, 0.25) is 0 Å². The molecular formula is C17H24O2. The Morgan fingerprint density at radius 2 is 1.74 bits per heavy atom. The van der Waals surface area contributed by atoms with E-state index in [1.165, 1.54) is 31.3 Å². The summed E-state index contributed by atoms with van der Waals surface area (Å²) in [6.07, 6.45) is 12.4. The Morgan fingerprint density at radius 3 is 2.63 bits per heavy atom. The number of aliphatic hydroxyl groups excluding tert-OH is 2. The normalized spacial score (nSPS) is 48.7. The van der Waals surface area contributed by atoms with E-state index in [1.807, 2.05) is 6.08 Å². The van der Waals surface area contributed by atoms with Gasteiger partial charge in [0.15, 0.2) is 0 Å². The number of rotatable bonds is 0. The van der Waals surface area contributed by atoms with Crippen LogP contribution in [0.1, 0.15) is 44.9 Å². The van der Waals surface area contributed by atoms with Gasteiger partial charge in [-0.2, -0.15) is 0 Å². The van der Waals surface area contributed by atoms with Crippen LogP contribution in [0.15, 0.2) is 23.5 Å². The lowest BCUT2D eigenvalue weighted by molar-refractivity contribution is -0.00824. The zero-order valence-electron chi connectivity index (χ0n) is 11.5. The molecule has 0 aromatic carbocycles. The standard InChI is InChI=1S/C17H24O2/c18-11-2-4-12-10(9-11)1-3-14-13(12)5-6-16-15(14)7-8-17(16)19/h7-8,10-14,16,18-19H,1-6,9H2. The summed E-state index contributed by atoms with van der Waals surface area (Å²) in [5.41, 5.74) is 1.53. The largest absolute Gasteiger partial charge is 0.512 e. The molecule has 2 nitrogen and oxygen atoms in total. The summed E-state index contributed by atoms with van der Waals surface area (Å²) in [5.74, 6) is 4.11. The van der Waals surface area contributed by atoms with Crippen molar-refractivity contribution in [2.24, 2.45) is 29.6 Å².